The maximum atomic E-state index is 10.7. The van der Waals surface area contributed by atoms with E-state index in [0.29, 0.717) is 0 Å². The number of carbonyl (C=O) groups excluding carboxylic acids is 3. The lowest BCUT2D eigenvalue weighted by molar-refractivity contribution is -0.159. The van der Waals surface area contributed by atoms with E-state index in [-0.39, 0.29) is 0 Å². The van der Waals surface area contributed by atoms with E-state index in [9.17, 15) is 22.8 Å². The molecule has 0 aromatic carbocycles. The predicted molar refractivity (Wildman–Crippen MR) is 43.6 cm³/mol. The van der Waals surface area contributed by atoms with Crippen LogP contribution in [0.1, 0.15) is 19.8 Å². The Morgan fingerprint density at radius 3 is 2.00 bits per heavy atom. The summed E-state index contributed by atoms with van der Waals surface area (Å²) < 4.78 is 35.6. The van der Waals surface area contributed by atoms with Gasteiger partial charge >= 0.3 is 28.3 Å². The van der Waals surface area contributed by atoms with Gasteiger partial charge < -0.3 is 8.92 Å². The van der Waals surface area contributed by atoms with E-state index in [1.165, 1.54) is 0 Å². The van der Waals surface area contributed by atoms with Crippen LogP contribution in [-0.4, -0.2) is 30.9 Å². The van der Waals surface area contributed by atoms with Crippen LogP contribution in [-0.2, 0) is 33.7 Å². The molecule has 0 atom stereocenters. The molecule has 0 spiro atoms. The highest BCUT2D eigenvalue weighted by Crippen LogP contribution is 1.98. The van der Waals surface area contributed by atoms with Crippen LogP contribution in [0, 0.1) is 0 Å². The fourth-order valence-corrected chi connectivity index (χ4v) is 0.893. The maximum Gasteiger partial charge on any atom is 0.448 e. The summed E-state index contributed by atoms with van der Waals surface area (Å²) in [4.78, 5) is 31.5. The third-order valence-corrected chi connectivity index (χ3v) is 1.39. The molecule has 86 valence electrons. The Morgan fingerprint density at radius 2 is 1.60 bits per heavy atom. The summed E-state index contributed by atoms with van der Waals surface area (Å²) in [6.07, 6.45) is -1.14. The van der Waals surface area contributed by atoms with Crippen molar-refractivity contribution in [1.29, 1.82) is 0 Å². The fraction of sp³-hybridized carbons (Fsp3) is 0.500. The van der Waals surface area contributed by atoms with Gasteiger partial charge in [-0.3, -0.25) is 18.9 Å². The van der Waals surface area contributed by atoms with Crippen molar-refractivity contribution in [3.8, 4) is 0 Å². The van der Waals surface area contributed by atoms with Gasteiger partial charge in [0.25, 0.3) is 0 Å². The summed E-state index contributed by atoms with van der Waals surface area (Å²) in [7, 11) is -4.86. The summed E-state index contributed by atoms with van der Waals surface area (Å²) >= 11 is 0. The van der Waals surface area contributed by atoms with Gasteiger partial charge in [-0.1, -0.05) is 0 Å². The van der Waals surface area contributed by atoms with Gasteiger partial charge in [0, 0.05) is 6.92 Å². The van der Waals surface area contributed by atoms with Crippen molar-refractivity contribution in [2.75, 3.05) is 0 Å². The van der Waals surface area contributed by atoms with E-state index in [1.54, 1.807) is 0 Å². The Bertz CT molecular complexity index is 367. The Kier molecular flexibility index (Phi) is 4.88. The van der Waals surface area contributed by atoms with Crippen LogP contribution in [0.3, 0.4) is 0 Å². The zero-order valence-electron chi connectivity index (χ0n) is 7.63. The van der Waals surface area contributed by atoms with Crippen molar-refractivity contribution in [2.45, 2.75) is 19.8 Å². The van der Waals surface area contributed by atoms with Crippen molar-refractivity contribution < 1.29 is 36.3 Å². The standard InChI is InChI=1S/C6H8O8S/c1-4(7)13-5(8)2-3-6(9)14-15(10,11)12/h2-3H2,1H3,(H,10,11,12). The highest BCUT2D eigenvalue weighted by atomic mass is 32.3. The Balaban J connectivity index is 3.92. The van der Waals surface area contributed by atoms with Crippen LogP contribution in [0.25, 0.3) is 0 Å². The molecule has 0 amide bonds. The Morgan fingerprint density at radius 1 is 1.13 bits per heavy atom. The van der Waals surface area contributed by atoms with E-state index in [4.69, 9.17) is 4.55 Å². The lowest BCUT2D eigenvalue weighted by Crippen LogP contribution is -2.15. The van der Waals surface area contributed by atoms with Crippen molar-refractivity contribution in [3.63, 3.8) is 0 Å². The van der Waals surface area contributed by atoms with Gasteiger partial charge in [-0.05, 0) is 0 Å². The van der Waals surface area contributed by atoms with Crippen molar-refractivity contribution in [1.82, 2.24) is 0 Å². The number of hydrogen-bond donors (Lipinski definition) is 1. The monoisotopic (exact) mass is 240 g/mol. The van der Waals surface area contributed by atoms with Gasteiger partial charge in [0.15, 0.2) is 0 Å². The normalized spacial score (nSPS) is 10.5. The first-order chi connectivity index (χ1) is 6.70. The molecule has 0 unspecified atom stereocenters. The van der Waals surface area contributed by atoms with Gasteiger partial charge in [-0.15, -0.1) is 0 Å². The molecule has 1 N–H and O–H groups in total. The lowest BCUT2D eigenvalue weighted by atomic mass is 10.3. The van der Waals surface area contributed by atoms with E-state index in [1.807, 2.05) is 0 Å². The number of hydrogen-bond acceptors (Lipinski definition) is 7. The molecule has 9 heteroatoms. The van der Waals surface area contributed by atoms with Gasteiger partial charge in [0.1, 0.15) is 0 Å². The zero-order valence-corrected chi connectivity index (χ0v) is 8.44. The smallest absolute Gasteiger partial charge is 0.393 e. The molecular formula is C6H8O8S. The van der Waals surface area contributed by atoms with E-state index < -0.39 is 41.1 Å². The molecule has 0 aliphatic rings. The fourth-order valence-electron chi connectivity index (χ4n) is 0.575. The van der Waals surface area contributed by atoms with Crippen molar-refractivity contribution >= 4 is 28.3 Å². The molecule has 0 aliphatic carbocycles. The van der Waals surface area contributed by atoms with Crippen LogP contribution in [0.2, 0.25) is 0 Å². The lowest BCUT2D eigenvalue weighted by Gasteiger charge is -1.99. The van der Waals surface area contributed by atoms with Crippen LogP contribution in [0.5, 0.6) is 0 Å². The summed E-state index contributed by atoms with van der Waals surface area (Å²) in [6, 6.07) is 0. The largest absolute Gasteiger partial charge is 0.448 e. The number of ether oxygens (including phenoxy) is 1. The number of esters is 2. The topological polar surface area (TPSA) is 124 Å². The molecule has 0 fully saturated rings. The van der Waals surface area contributed by atoms with Gasteiger partial charge in [0.05, 0.1) is 12.8 Å². The molecule has 0 aromatic heterocycles. The molecule has 0 aromatic rings. The van der Waals surface area contributed by atoms with Crippen molar-refractivity contribution in [3.05, 3.63) is 0 Å². The quantitative estimate of drug-likeness (QED) is 0.384. The third kappa shape index (κ3) is 8.84. The first-order valence-corrected chi connectivity index (χ1v) is 4.98. The molecule has 15 heavy (non-hydrogen) atoms. The zero-order chi connectivity index (χ0) is 12.1. The Hall–Kier alpha value is -1.48. The Labute approximate surface area is 85.1 Å². The van der Waals surface area contributed by atoms with Gasteiger partial charge in [-0.25, -0.2) is 0 Å². The van der Waals surface area contributed by atoms with E-state index in [0.717, 1.165) is 6.92 Å². The first-order valence-electron chi connectivity index (χ1n) is 3.61. The summed E-state index contributed by atoms with van der Waals surface area (Å²) in [5.41, 5.74) is 0. The van der Waals surface area contributed by atoms with Crippen LogP contribution >= 0.6 is 0 Å². The molecular weight excluding hydrogens is 232 g/mol. The van der Waals surface area contributed by atoms with Gasteiger partial charge in [-0.2, -0.15) is 8.42 Å². The van der Waals surface area contributed by atoms with E-state index in [2.05, 4.69) is 8.92 Å². The SMILES string of the molecule is CC(=O)OC(=O)CCC(=O)OS(=O)(=O)O. The molecule has 0 heterocycles. The second-order valence-corrected chi connectivity index (χ2v) is 3.37. The first kappa shape index (κ1) is 13.5. The predicted octanol–water partition coefficient (Wildman–Crippen LogP) is -0.798. The molecule has 0 radical (unpaired) electrons. The number of rotatable bonds is 4. The highest BCUT2D eigenvalue weighted by molar-refractivity contribution is 7.81. The van der Waals surface area contributed by atoms with Crippen molar-refractivity contribution in [2.24, 2.45) is 0 Å². The molecule has 0 aliphatic heterocycles. The minimum Gasteiger partial charge on any atom is -0.393 e. The highest BCUT2D eigenvalue weighted by Gasteiger charge is 2.15. The minimum atomic E-state index is -4.86. The molecule has 0 saturated heterocycles. The minimum absolute atomic E-state index is 0.520. The van der Waals surface area contributed by atoms with E-state index >= 15 is 0 Å². The van der Waals surface area contributed by atoms with Crippen LogP contribution in [0.4, 0.5) is 0 Å². The number of carbonyl (C=O) groups is 3. The molecule has 0 saturated carbocycles. The molecule has 8 nitrogen and oxygen atoms in total. The average molecular weight is 240 g/mol. The summed E-state index contributed by atoms with van der Waals surface area (Å²) in [6.45, 7) is 0.994. The van der Waals surface area contributed by atoms with Crippen LogP contribution < -0.4 is 0 Å². The maximum absolute atomic E-state index is 10.7. The third-order valence-electron chi connectivity index (χ3n) is 0.989. The summed E-state index contributed by atoms with van der Waals surface area (Å²) in [5, 5.41) is 0. The summed E-state index contributed by atoms with van der Waals surface area (Å²) in [5.74, 6) is -3.16. The molecule has 0 rings (SSSR count). The second-order valence-electron chi connectivity index (χ2n) is 2.35. The molecule has 0 bridgehead atoms. The van der Waals surface area contributed by atoms with Gasteiger partial charge in [0.2, 0.25) is 0 Å². The van der Waals surface area contributed by atoms with Crippen LogP contribution in [0.15, 0.2) is 0 Å². The second kappa shape index (κ2) is 5.41. The average Bonchev–Trinajstić information content (AvgIpc) is 1.96.